The summed E-state index contributed by atoms with van der Waals surface area (Å²) < 4.78 is 37.5. The molecule has 1 saturated carbocycles. The van der Waals surface area contributed by atoms with E-state index in [1.54, 1.807) is 11.8 Å². The molecule has 0 radical (unpaired) electrons. The molecule has 0 aliphatic heterocycles. The molecule has 0 spiro atoms. The molecule has 0 amide bonds. The van der Waals surface area contributed by atoms with Gasteiger partial charge in [-0.25, -0.2) is 0 Å². The Bertz CT molecular complexity index is 251. The van der Waals surface area contributed by atoms with Crippen LogP contribution in [0.1, 0.15) is 33.6 Å². The van der Waals surface area contributed by atoms with Crippen molar-refractivity contribution in [2.24, 2.45) is 5.41 Å². The van der Waals surface area contributed by atoms with E-state index in [0.29, 0.717) is 6.54 Å². The van der Waals surface area contributed by atoms with Crippen LogP contribution in [0, 0.1) is 5.41 Å². The highest BCUT2D eigenvalue weighted by atomic mass is 19.4. The van der Waals surface area contributed by atoms with Crippen molar-refractivity contribution >= 4 is 0 Å². The summed E-state index contributed by atoms with van der Waals surface area (Å²) in [6.07, 6.45) is -2.30. The van der Waals surface area contributed by atoms with E-state index in [1.807, 2.05) is 7.05 Å². The summed E-state index contributed by atoms with van der Waals surface area (Å²) in [6, 6.07) is 0.117. The molecule has 1 rings (SSSR count). The summed E-state index contributed by atoms with van der Waals surface area (Å²) in [7, 11) is 1.84. The Labute approximate surface area is 102 Å². The average molecular weight is 252 g/mol. The first kappa shape index (κ1) is 14.8. The summed E-state index contributed by atoms with van der Waals surface area (Å²) in [6.45, 7) is 5.68. The Morgan fingerprint density at radius 1 is 1.35 bits per heavy atom. The average Bonchev–Trinajstić information content (AvgIpc) is 2.48. The van der Waals surface area contributed by atoms with Crippen molar-refractivity contribution in [2.45, 2.75) is 51.9 Å². The molecule has 0 saturated heterocycles. The molecule has 1 aliphatic carbocycles. The molecule has 0 heterocycles. The third-order valence-electron chi connectivity index (χ3n) is 3.88. The minimum absolute atomic E-state index is 0.0124. The van der Waals surface area contributed by atoms with E-state index in [0.717, 1.165) is 12.8 Å². The van der Waals surface area contributed by atoms with Crippen molar-refractivity contribution < 1.29 is 13.2 Å². The second kappa shape index (κ2) is 5.14. The number of likely N-dealkylation sites (N-methyl/N-ethyl adjacent to an activating group) is 2. The van der Waals surface area contributed by atoms with Crippen molar-refractivity contribution in [1.29, 1.82) is 0 Å². The van der Waals surface area contributed by atoms with Crippen LogP contribution in [0.15, 0.2) is 0 Å². The van der Waals surface area contributed by atoms with Crippen LogP contribution in [-0.4, -0.2) is 43.3 Å². The number of rotatable bonds is 4. The molecule has 1 fully saturated rings. The van der Waals surface area contributed by atoms with Gasteiger partial charge < -0.3 is 5.32 Å². The van der Waals surface area contributed by atoms with Crippen LogP contribution in [-0.2, 0) is 0 Å². The Morgan fingerprint density at radius 3 is 2.35 bits per heavy atom. The fourth-order valence-electron chi connectivity index (χ4n) is 3.03. The molecule has 2 atom stereocenters. The molecule has 0 aromatic heterocycles. The molecular weight excluding hydrogens is 229 g/mol. The smallest absolute Gasteiger partial charge is 0.315 e. The van der Waals surface area contributed by atoms with Crippen LogP contribution >= 0.6 is 0 Å². The lowest BCUT2D eigenvalue weighted by atomic mass is 9.86. The second-order valence-electron chi connectivity index (χ2n) is 5.54. The van der Waals surface area contributed by atoms with Gasteiger partial charge in [-0.2, -0.15) is 13.2 Å². The van der Waals surface area contributed by atoms with Crippen LogP contribution in [0.4, 0.5) is 13.2 Å². The van der Waals surface area contributed by atoms with Crippen LogP contribution in [0.5, 0.6) is 0 Å². The number of halogens is 3. The standard InChI is InChI=1S/C12H23F3N2/c1-5-17(8-12(13,14)15)9-6-7-11(2,3)10(9)16-4/h9-10,16H,5-8H2,1-4H3. The molecule has 0 aromatic rings. The van der Waals surface area contributed by atoms with Gasteiger partial charge in [0, 0.05) is 12.1 Å². The Hall–Kier alpha value is -0.290. The van der Waals surface area contributed by atoms with Gasteiger partial charge in [-0.05, 0) is 31.8 Å². The summed E-state index contributed by atoms with van der Waals surface area (Å²) in [5.74, 6) is 0. The van der Waals surface area contributed by atoms with Gasteiger partial charge >= 0.3 is 6.18 Å². The van der Waals surface area contributed by atoms with Gasteiger partial charge in [-0.15, -0.1) is 0 Å². The van der Waals surface area contributed by atoms with Crippen LogP contribution in [0.3, 0.4) is 0 Å². The molecule has 0 bridgehead atoms. The van der Waals surface area contributed by atoms with Gasteiger partial charge in [0.05, 0.1) is 6.54 Å². The topological polar surface area (TPSA) is 15.3 Å². The first-order valence-electron chi connectivity index (χ1n) is 6.19. The second-order valence-corrected chi connectivity index (χ2v) is 5.54. The van der Waals surface area contributed by atoms with E-state index in [1.165, 1.54) is 0 Å². The third-order valence-corrected chi connectivity index (χ3v) is 3.88. The molecule has 102 valence electrons. The summed E-state index contributed by atoms with van der Waals surface area (Å²) >= 11 is 0. The first-order valence-corrected chi connectivity index (χ1v) is 6.19. The van der Waals surface area contributed by atoms with E-state index in [-0.39, 0.29) is 17.5 Å². The molecule has 17 heavy (non-hydrogen) atoms. The Balaban J connectivity index is 2.76. The normalized spacial score (nSPS) is 28.9. The predicted molar refractivity (Wildman–Crippen MR) is 63.0 cm³/mol. The lowest BCUT2D eigenvalue weighted by Crippen LogP contribution is -2.52. The summed E-state index contributed by atoms with van der Waals surface area (Å²) in [5, 5.41) is 3.20. The van der Waals surface area contributed by atoms with Crippen molar-refractivity contribution in [2.75, 3.05) is 20.1 Å². The monoisotopic (exact) mass is 252 g/mol. The van der Waals surface area contributed by atoms with E-state index < -0.39 is 12.7 Å². The first-order chi connectivity index (χ1) is 7.71. The van der Waals surface area contributed by atoms with Gasteiger partial charge in [0.1, 0.15) is 0 Å². The van der Waals surface area contributed by atoms with Crippen molar-refractivity contribution in [3.8, 4) is 0 Å². The number of alkyl halides is 3. The lowest BCUT2D eigenvalue weighted by molar-refractivity contribution is -0.151. The highest BCUT2D eigenvalue weighted by Crippen LogP contribution is 2.40. The molecule has 1 N–H and O–H groups in total. The highest BCUT2D eigenvalue weighted by molar-refractivity contribution is 5.00. The highest BCUT2D eigenvalue weighted by Gasteiger charge is 2.45. The van der Waals surface area contributed by atoms with E-state index in [9.17, 15) is 13.2 Å². The molecule has 1 aliphatic rings. The Kier molecular flexibility index (Phi) is 4.47. The summed E-state index contributed by atoms with van der Waals surface area (Å²) in [4.78, 5) is 1.55. The van der Waals surface area contributed by atoms with Gasteiger partial charge in [0.2, 0.25) is 0 Å². The molecule has 2 nitrogen and oxygen atoms in total. The molecule has 0 aromatic carbocycles. The van der Waals surface area contributed by atoms with E-state index >= 15 is 0 Å². The molecule has 5 heteroatoms. The maximum absolute atomic E-state index is 12.5. The Morgan fingerprint density at radius 2 is 1.94 bits per heavy atom. The van der Waals surface area contributed by atoms with Gasteiger partial charge in [-0.3, -0.25) is 4.90 Å². The number of nitrogens with one attached hydrogen (secondary N) is 1. The van der Waals surface area contributed by atoms with Crippen LogP contribution in [0.2, 0.25) is 0 Å². The predicted octanol–water partition coefficient (Wildman–Crippen LogP) is 2.65. The van der Waals surface area contributed by atoms with E-state index in [2.05, 4.69) is 19.2 Å². The zero-order chi connectivity index (χ0) is 13.3. The van der Waals surface area contributed by atoms with E-state index in [4.69, 9.17) is 0 Å². The zero-order valence-corrected chi connectivity index (χ0v) is 11.1. The van der Waals surface area contributed by atoms with Crippen molar-refractivity contribution in [1.82, 2.24) is 10.2 Å². The number of hydrogen-bond acceptors (Lipinski definition) is 2. The third kappa shape index (κ3) is 3.58. The maximum atomic E-state index is 12.5. The quantitative estimate of drug-likeness (QED) is 0.827. The van der Waals surface area contributed by atoms with Gasteiger partial charge in [0.15, 0.2) is 0 Å². The van der Waals surface area contributed by atoms with Gasteiger partial charge in [0.25, 0.3) is 0 Å². The van der Waals surface area contributed by atoms with Crippen LogP contribution < -0.4 is 5.32 Å². The minimum Gasteiger partial charge on any atom is -0.315 e. The largest absolute Gasteiger partial charge is 0.401 e. The zero-order valence-electron chi connectivity index (χ0n) is 11.1. The molecular formula is C12H23F3N2. The maximum Gasteiger partial charge on any atom is 0.401 e. The SMILES string of the molecule is CCN(CC(F)(F)F)C1CCC(C)(C)C1NC. The fourth-order valence-corrected chi connectivity index (χ4v) is 3.03. The fraction of sp³-hybridized carbons (Fsp3) is 1.00. The lowest BCUT2D eigenvalue weighted by Gasteiger charge is -2.36. The minimum atomic E-state index is -4.11. The number of hydrogen-bond donors (Lipinski definition) is 1. The summed E-state index contributed by atoms with van der Waals surface area (Å²) in [5.41, 5.74) is 0.0679. The van der Waals surface area contributed by atoms with Crippen LogP contribution in [0.25, 0.3) is 0 Å². The van der Waals surface area contributed by atoms with Crippen molar-refractivity contribution in [3.05, 3.63) is 0 Å². The van der Waals surface area contributed by atoms with Gasteiger partial charge in [-0.1, -0.05) is 20.8 Å². The number of nitrogens with zero attached hydrogens (tertiary/aromatic N) is 1. The van der Waals surface area contributed by atoms with Crippen molar-refractivity contribution in [3.63, 3.8) is 0 Å². The molecule has 2 unspecified atom stereocenters.